The van der Waals surface area contributed by atoms with Gasteiger partial charge in [-0.15, -0.1) is 0 Å². The van der Waals surface area contributed by atoms with Gasteiger partial charge in [0.05, 0.1) is 0 Å². The number of aromatic nitrogens is 1. The average Bonchev–Trinajstić information content (AvgIpc) is 2.80. The summed E-state index contributed by atoms with van der Waals surface area (Å²) in [4.78, 5) is 9.34. The summed E-state index contributed by atoms with van der Waals surface area (Å²) in [5, 5.41) is 3.24. The minimum Gasteiger partial charge on any atom is -0.355 e. The van der Waals surface area contributed by atoms with E-state index in [0.717, 1.165) is 18.9 Å². The van der Waals surface area contributed by atoms with Gasteiger partial charge in [-0.1, -0.05) is 13.0 Å². The second-order valence-corrected chi connectivity index (χ2v) is 5.87. The third kappa shape index (κ3) is 3.07. The van der Waals surface area contributed by atoms with Crippen molar-refractivity contribution in [2.45, 2.75) is 25.9 Å². The van der Waals surface area contributed by atoms with E-state index in [1.54, 1.807) is 0 Å². The summed E-state index contributed by atoms with van der Waals surface area (Å²) < 4.78 is 0. The minimum absolute atomic E-state index is 0.355. The lowest BCUT2D eigenvalue weighted by Crippen LogP contribution is -2.34. The van der Waals surface area contributed by atoms with Gasteiger partial charge in [-0.3, -0.25) is 0 Å². The zero-order valence-electron chi connectivity index (χ0n) is 12.7. The van der Waals surface area contributed by atoms with E-state index in [-0.39, 0.29) is 0 Å². The van der Waals surface area contributed by atoms with Gasteiger partial charge >= 0.3 is 0 Å². The molecule has 0 aliphatic carbocycles. The van der Waals surface area contributed by atoms with Gasteiger partial charge in [0.25, 0.3) is 0 Å². The van der Waals surface area contributed by atoms with E-state index in [1.807, 2.05) is 13.2 Å². The number of rotatable bonds is 4. The lowest BCUT2D eigenvalue weighted by molar-refractivity contribution is 0.266. The number of nitrogens with one attached hydrogen (secondary N) is 1. The fourth-order valence-corrected chi connectivity index (χ4v) is 2.82. The molecule has 2 heterocycles. The monoisotopic (exact) mass is 262 g/mol. The van der Waals surface area contributed by atoms with Crippen LogP contribution in [0.1, 0.15) is 25.5 Å². The molecule has 2 rings (SSSR count). The fraction of sp³-hybridized carbons (Fsp3) is 0.667. The maximum atomic E-state index is 4.63. The van der Waals surface area contributed by atoms with Crippen molar-refractivity contribution in [1.29, 1.82) is 0 Å². The van der Waals surface area contributed by atoms with Crippen LogP contribution in [0.3, 0.4) is 0 Å². The molecule has 3 unspecified atom stereocenters. The Bertz CT molecular complexity index is 401. The van der Waals surface area contributed by atoms with Crippen LogP contribution in [-0.2, 0) is 0 Å². The largest absolute Gasteiger partial charge is 0.355 e. The number of pyridine rings is 1. The van der Waals surface area contributed by atoms with E-state index in [2.05, 4.69) is 60.2 Å². The average molecular weight is 262 g/mol. The van der Waals surface area contributed by atoms with Crippen LogP contribution in [-0.4, -0.2) is 50.2 Å². The first-order valence-corrected chi connectivity index (χ1v) is 7.07. The lowest BCUT2D eigenvalue weighted by atomic mass is 10.1. The summed E-state index contributed by atoms with van der Waals surface area (Å²) in [6.45, 7) is 6.64. The Labute approximate surface area is 116 Å². The van der Waals surface area contributed by atoms with Crippen LogP contribution >= 0.6 is 0 Å². The van der Waals surface area contributed by atoms with Gasteiger partial charge in [0.2, 0.25) is 0 Å². The van der Waals surface area contributed by atoms with E-state index >= 15 is 0 Å². The highest BCUT2D eigenvalue weighted by Gasteiger charge is 2.31. The third-order valence-electron chi connectivity index (χ3n) is 4.26. The highest BCUT2D eigenvalue weighted by Crippen LogP contribution is 2.25. The topological polar surface area (TPSA) is 31.4 Å². The van der Waals surface area contributed by atoms with Crippen molar-refractivity contribution in [2.24, 2.45) is 5.92 Å². The molecule has 1 aliphatic heterocycles. The summed E-state index contributed by atoms with van der Waals surface area (Å²) in [6.07, 6.45) is 1.99. The van der Waals surface area contributed by atoms with Crippen molar-refractivity contribution in [3.8, 4) is 0 Å². The summed E-state index contributed by atoms with van der Waals surface area (Å²) >= 11 is 0. The maximum Gasteiger partial charge on any atom is 0.128 e. The molecular formula is C15H26N4. The molecule has 4 heteroatoms. The normalized spacial score (nSPS) is 25.1. The molecule has 1 aromatic heterocycles. The SMILES string of the molecule is CNC(C)c1ccc(N2CC(C)C(N(C)C)C2)nc1. The fourth-order valence-electron chi connectivity index (χ4n) is 2.82. The Balaban J connectivity index is 2.07. The smallest absolute Gasteiger partial charge is 0.128 e. The molecule has 1 N–H and O–H groups in total. The molecule has 3 atom stereocenters. The summed E-state index contributed by atoms with van der Waals surface area (Å²) in [7, 11) is 6.30. The zero-order valence-corrected chi connectivity index (χ0v) is 12.7. The molecule has 0 bridgehead atoms. The summed E-state index contributed by atoms with van der Waals surface area (Å²) in [5.41, 5.74) is 1.24. The van der Waals surface area contributed by atoms with Gasteiger partial charge in [0, 0.05) is 31.4 Å². The third-order valence-corrected chi connectivity index (χ3v) is 4.26. The van der Waals surface area contributed by atoms with Crippen LogP contribution in [0, 0.1) is 5.92 Å². The highest BCUT2D eigenvalue weighted by molar-refractivity contribution is 5.41. The molecule has 0 radical (unpaired) electrons. The second kappa shape index (κ2) is 5.88. The van der Waals surface area contributed by atoms with Gasteiger partial charge < -0.3 is 15.1 Å². The van der Waals surface area contributed by atoms with Gasteiger partial charge in [-0.25, -0.2) is 4.98 Å². The summed E-state index contributed by atoms with van der Waals surface area (Å²) in [6, 6.07) is 5.30. The van der Waals surface area contributed by atoms with E-state index in [4.69, 9.17) is 0 Å². The molecule has 4 nitrogen and oxygen atoms in total. The lowest BCUT2D eigenvalue weighted by Gasteiger charge is -2.22. The summed E-state index contributed by atoms with van der Waals surface area (Å²) in [5.74, 6) is 1.79. The van der Waals surface area contributed by atoms with Crippen molar-refractivity contribution in [3.63, 3.8) is 0 Å². The number of hydrogen-bond donors (Lipinski definition) is 1. The van der Waals surface area contributed by atoms with E-state index in [9.17, 15) is 0 Å². The van der Waals surface area contributed by atoms with Crippen molar-refractivity contribution in [1.82, 2.24) is 15.2 Å². The first kappa shape index (κ1) is 14.3. The molecule has 1 fully saturated rings. The van der Waals surface area contributed by atoms with Crippen LogP contribution in [0.2, 0.25) is 0 Å². The zero-order chi connectivity index (χ0) is 14.0. The number of anilines is 1. The Morgan fingerprint density at radius 1 is 1.37 bits per heavy atom. The Morgan fingerprint density at radius 3 is 2.58 bits per heavy atom. The van der Waals surface area contributed by atoms with Crippen LogP contribution in [0.15, 0.2) is 18.3 Å². The van der Waals surface area contributed by atoms with Gasteiger partial charge in [0.1, 0.15) is 5.82 Å². The van der Waals surface area contributed by atoms with Crippen molar-refractivity contribution < 1.29 is 0 Å². The van der Waals surface area contributed by atoms with Crippen LogP contribution < -0.4 is 10.2 Å². The van der Waals surface area contributed by atoms with Crippen LogP contribution in [0.25, 0.3) is 0 Å². The Kier molecular flexibility index (Phi) is 4.42. The van der Waals surface area contributed by atoms with E-state index in [1.165, 1.54) is 5.56 Å². The first-order chi connectivity index (χ1) is 9.02. The first-order valence-electron chi connectivity index (χ1n) is 7.07. The van der Waals surface area contributed by atoms with Gasteiger partial charge in [-0.2, -0.15) is 0 Å². The molecule has 1 saturated heterocycles. The molecule has 19 heavy (non-hydrogen) atoms. The van der Waals surface area contributed by atoms with Crippen LogP contribution in [0.4, 0.5) is 5.82 Å². The minimum atomic E-state index is 0.355. The Hall–Kier alpha value is -1.13. The molecule has 0 aromatic carbocycles. The molecule has 106 valence electrons. The maximum absolute atomic E-state index is 4.63. The van der Waals surface area contributed by atoms with E-state index in [0.29, 0.717) is 18.0 Å². The standard InChI is InChI=1S/C15H26N4/c1-11-9-19(10-14(11)18(4)5)15-7-6-13(8-17-15)12(2)16-3/h6-8,11-12,14,16H,9-10H2,1-5H3. The highest BCUT2D eigenvalue weighted by atomic mass is 15.3. The molecule has 1 aliphatic rings. The quantitative estimate of drug-likeness (QED) is 0.896. The molecule has 1 aromatic rings. The Morgan fingerprint density at radius 2 is 2.11 bits per heavy atom. The number of hydrogen-bond acceptors (Lipinski definition) is 4. The molecule has 0 saturated carbocycles. The van der Waals surface area contributed by atoms with E-state index < -0.39 is 0 Å². The number of nitrogens with zero attached hydrogens (tertiary/aromatic N) is 3. The van der Waals surface area contributed by atoms with Crippen LogP contribution in [0.5, 0.6) is 0 Å². The van der Waals surface area contributed by atoms with Gasteiger partial charge in [0.15, 0.2) is 0 Å². The molecule has 0 amide bonds. The molecular weight excluding hydrogens is 236 g/mol. The second-order valence-electron chi connectivity index (χ2n) is 5.87. The van der Waals surface area contributed by atoms with Gasteiger partial charge in [-0.05, 0) is 45.6 Å². The predicted molar refractivity (Wildman–Crippen MR) is 80.6 cm³/mol. The molecule has 0 spiro atoms. The van der Waals surface area contributed by atoms with Crippen molar-refractivity contribution in [2.75, 3.05) is 39.1 Å². The predicted octanol–water partition coefficient (Wildman–Crippen LogP) is 1.75. The van der Waals surface area contributed by atoms with Crippen molar-refractivity contribution in [3.05, 3.63) is 23.9 Å². The number of likely N-dealkylation sites (N-methyl/N-ethyl adjacent to an activating group) is 1. The van der Waals surface area contributed by atoms with Crippen molar-refractivity contribution >= 4 is 5.82 Å².